The maximum Gasteiger partial charge on any atom is 0.244 e. The lowest BCUT2D eigenvalue weighted by molar-refractivity contribution is -0.146. The Morgan fingerprint density at radius 1 is 1.07 bits per heavy atom. The zero-order valence-electron chi connectivity index (χ0n) is 17.3. The summed E-state index contributed by atoms with van der Waals surface area (Å²) in [6, 6.07) is 19.8. The average Bonchev–Trinajstić information content (AvgIpc) is 3.04. The molecule has 0 saturated carbocycles. The van der Waals surface area contributed by atoms with Crippen molar-refractivity contribution in [1.29, 1.82) is 0 Å². The molecule has 3 rings (SSSR count). The SMILES string of the molecule is CC(C)C1(CC(=O)NOCc2ccccc2)CCN(CCc2ccccc2)C1=O. The van der Waals surface area contributed by atoms with Crippen LogP contribution in [0.3, 0.4) is 0 Å². The van der Waals surface area contributed by atoms with Crippen LogP contribution in [-0.4, -0.2) is 29.8 Å². The summed E-state index contributed by atoms with van der Waals surface area (Å²) in [5.74, 6) is -0.0777. The Bertz CT molecular complexity index is 807. The number of nitrogens with zero attached hydrogens (tertiary/aromatic N) is 1. The van der Waals surface area contributed by atoms with Crippen LogP contribution in [0.25, 0.3) is 0 Å². The largest absolute Gasteiger partial charge is 0.342 e. The van der Waals surface area contributed by atoms with Crippen LogP contribution in [0.2, 0.25) is 0 Å². The van der Waals surface area contributed by atoms with Crippen molar-refractivity contribution in [3.8, 4) is 0 Å². The van der Waals surface area contributed by atoms with Crippen LogP contribution in [0.15, 0.2) is 60.7 Å². The predicted octanol–water partition coefficient (Wildman–Crippen LogP) is 3.74. The van der Waals surface area contributed by atoms with E-state index in [2.05, 4.69) is 17.6 Å². The number of hydroxylamine groups is 1. The summed E-state index contributed by atoms with van der Waals surface area (Å²) < 4.78 is 0. The first-order valence-corrected chi connectivity index (χ1v) is 10.3. The van der Waals surface area contributed by atoms with Gasteiger partial charge in [-0.3, -0.25) is 14.4 Å². The van der Waals surface area contributed by atoms with Crippen LogP contribution in [0.1, 0.15) is 37.8 Å². The molecule has 1 heterocycles. The fourth-order valence-corrected chi connectivity index (χ4v) is 3.98. The second-order valence-electron chi connectivity index (χ2n) is 8.06. The van der Waals surface area contributed by atoms with E-state index in [0.29, 0.717) is 26.1 Å². The summed E-state index contributed by atoms with van der Waals surface area (Å²) in [6.07, 6.45) is 1.68. The van der Waals surface area contributed by atoms with Crippen molar-refractivity contribution in [1.82, 2.24) is 10.4 Å². The minimum Gasteiger partial charge on any atom is -0.342 e. The lowest BCUT2D eigenvalue weighted by Crippen LogP contribution is -2.42. The molecule has 1 atom stereocenters. The summed E-state index contributed by atoms with van der Waals surface area (Å²) in [4.78, 5) is 33.0. The fraction of sp³-hybridized carbons (Fsp3) is 0.417. The molecule has 5 heteroatoms. The van der Waals surface area contributed by atoms with Gasteiger partial charge in [-0.15, -0.1) is 0 Å². The molecule has 1 N–H and O–H groups in total. The highest BCUT2D eigenvalue weighted by atomic mass is 16.6. The highest BCUT2D eigenvalue weighted by Crippen LogP contribution is 2.42. The molecule has 0 aliphatic carbocycles. The van der Waals surface area contributed by atoms with Crippen molar-refractivity contribution in [2.45, 2.75) is 39.7 Å². The summed E-state index contributed by atoms with van der Waals surface area (Å²) in [5.41, 5.74) is 4.06. The smallest absolute Gasteiger partial charge is 0.244 e. The number of benzene rings is 2. The third kappa shape index (κ3) is 5.24. The molecule has 154 valence electrons. The Morgan fingerprint density at radius 3 is 2.31 bits per heavy atom. The number of hydrogen-bond donors (Lipinski definition) is 1. The number of nitrogens with one attached hydrogen (secondary N) is 1. The highest BCUT2D eigenvalue weighted by Gasteiger charge is 2.49. The zero-order valence-corrected chi connectivity index (χ0v) is 17.3. The van der Waals surface area contributed by atoms with Gasteiger partial charge in [0.2, 0.25) is 11.8 Å². The van der Waals surface area contributed by atoms with E-state index in [1.165, 1.54) is 5.56 Å². The second kappa shape index (κ2) is 9.70. The zero-order chi connectivity index (χ0) is 20.7. The Morgan fingerprint density at radius 2 is 1.69 bits per heavy atom. The molecule has 1 unspecified atom stereocenters. The van der Waals surface area contributed by atoms with Gasteiger partial charge in [0.25, 0.3) is 0 Å². The van der Waals surface area contributed by atoms with Crippen LogP contribution in [0, 0.1) is 11.3 Å². The van der Waals surface area contributed by atoms with Crippen molar-refractivity contribution in [2.75, 3.05) is 13.1 Å². The number of rotatable bonds is 9. The van der Waals surface area contributed by atoms with Gasteiger partial charge in [-0.2, -0.15) is 0 Å². The van der Waals surface area contributed by atoms with E-state index in [9.17, 15) is 9.59 Å². The number of amides is 2. The van der Waals surface area contributed by atoms with Crippen molar-refractivity contribution >= 4 is 11.8 Å². The van der Waals surface area contributed by atoms with Gasteiger partial charge in [0.15, 0.2) is 0 Å². The number of carbonyl (C=O) groups excluding carboxylic acids is 2. The summed E-state index contributed by atoms with van der Waals surface area (Å²) in [7, 11) is 0. The second-order valence-corrected chi connectivity index (χ2v) is 8.06. The molecule has 5 nitrogen and oxygen atoms in total. The van der Waals surface area contributed by atoms with Crippen molar-refractivity contribution in [2.24, 2.45) is 11.3 Å². The molecule has 0 bridgehead atoms. The van der Waals surface area contributed by atoms with Gasteiger partial charge < -0.3 is 4.90 Å². The number of carbonyl (C=O) groups is 2. The molecule has 2 amide bonds. The van der Waals surface area contributed by atoms with E-state index in [1.54, 1.807) is 0 Å². The van der Waals surface area contributed by atoms with Gasteiger partial charge in [0, 0.05) is 19.5 Å². The normalized spacial score (nSPS) is 19.0. The molecule has 1 aliphatic rings. The molecule has 2 aromatic rings. The van der Waals surface area contributed by atoms with E-state index < -0.39 is 5.41 Å². The van der Waals surface area contributed by atoms with E-state index in [0.717, 1.165) is 12.0 Å². The van der Waals surface area contributed by atoms with Gasteiger partial charge >= 0.3 is 0 Å². The molecular weight excluding hydrogens is 364 g/mol. The Hall–Kier alpha value is -2.66. The molecular formula is C24H30N2O3. The topological polar surface area (TPSA) is 58.6 Å². The fourth-order valence-electron chi connectivity index (χ4n) is 3.98. The first-order chi connectivity index (χ1) is 14.0. The lowest BCUT2D eigenvalue weighted by Gasteiger charge is -2.31. The summed E-state index contributed by atoms with van der Waals surface area (Å²) in [5, 5.41) is 0. The minimum absolute atomic E-state index is 0.0802. The van der Waals surface area contributed by atoms with Crippen molar-refractivity contribution < 1.29 is 14.4 Å². The molecule has 0 aromatic heterocycles. The van der Waals surface area contributed by atoms with Gasteiger partial charge in [0.1, 0.15) is 0 Å². The van der Waals surface area contributed by atoms with Crippen LogP contribution in [-0.2, 0) is 27.5 Å². The van der Waals surface area contributed by atoms with Crippen LogP contribution in [0.4, 0.5) is 0 Å². The van der Waals surface area contributed by atoms with Gasteiger partial charge in [-0.25, -0.2) is 5.48 Å². The Labute approximate surface area is 173 Å². The van der Waals surface area contributed by atoms with Gasteiger partial charge in [-0.05, 0) is 29.9 Å². The lowest BCUT2D eigenvalue weighted by atomic mass is 9.73. The quantitative estimate of drug-likeness (QED) is 0.659. The molecule has 0 spiro atoms. The molecule has 29 heavy (non-hydrogen) atoms. The summed E-state index contributed by atoms with van der Waals surface area (Å²) >= 11 is 0. The van der Waals surface area contributed by atoms with E-state index in [4.69, 9.17) is 4.84 Å². The number of hydrogen-bond acceptors (Lipinski definition) is 3. The van der Waals surface area contributed by atoms with E-state index in [-0.39, 0.29) is 24.2 Å². The summed E-state index contributed by atoms with van der Waals surface area (Å²) in [6.45, 7) is 5.73. The molecule has 2 aromatic carbocycles. The first-order valence-electron chi connectivity index (χ1n) is 10.3. The van der Waals surface area contributed by atoms with Crippen molar-refractivity contribution in [3.05, 3.63) is 71.8 Å². The third-order valence-corrected chi connectivity index (χ3v) is 5.90. The van der Waals surface area contributed by atoms with Crippen LogP contribution >= 0.6 is 0 Å². The first kappa shape index (κ1) is 21.1. The van der Waals surface area contributed by atoms with E-state index in [1.807, 2.05) is 67.3 Å². The number of likely N-dealkylation sites (tertiary alicyclic amines) is 1. The maximum atomic E-state index is 13.2. The molecule has 1 saturated heterocycles. The van der Waals surface area contributed by atoms with Crippen LogP contribution in [0.5, 0.6) is 0 Å². The standard InChI is InChI=1S/C24H30N2O3/c1-19(2)24(17-22(27)25-29-18-21-11-7-4-8-12-21)14-16-26(23(24)28)15-13-20-9-5-3-6-10-20/h3-12,19H,13-18H2,1-2H3,(H,25,27). The van der Waals surface area contributed by atoms with Crippen LogP contribution < -0.4 is 5.48 Å². The van der Waals surface area contributed by atoms with Crippen molar-refractivity contribution in [3.63, 3.8) is 0 Å². The Balaban J connectivity index is 1.54. The monoisotopic (exact) mass is 394 g/mol. The van der Waals surface area contributed by atoms with Gasteiger partial charge in [0.05, 0.1) is 12.0 Å². The van der Waals surface area contributed by atoms with Gasteiger partial charge in [-0.1, -0.05) is 74.5 Å². The third-order valence-electron chi connectivity index (χ3n) is 5.90. The molecule has 0 radical (unpaired) electrons. The molecule has 1 fully saturated rings. The maximum absolute atomic E-state index is 13.2. The predicted molar refractivity (Wildman–Crippen MR) is 113 cm³/mol. The molecule has 1 aliphatic heterocycles. The average molecular weight is 395 g/mol. The Kier molecular flexibility index (Phi) is 7.04. The van der Waals surface area contributed by atoms with E-state index >= 15 is 0 Å². The highest BCUT2D eigenvalue weighted by molar-refractivity contribution is 5.90. The minimum atomic E-state index is -0.656.